The summed E-state index contributed by atoms with van der Waals surface area (Å²) in [7, 11) is 0. The van der Waals surface area contributed by atoms with Gasteiger partial charge in [0.15, 0.2) is 5.60 Å². The van der Waals surface area contributed by atoms with E-state index < -0.39 is 11.5 Å². The molecule has 0 saturated carbocycles. The maximum Gasteiger partial charge on any atom is 0.264 e. The average Bonchev–Trinajstić information content (AvgIpc) is 2.87. The van der Waals surface area contributed by atoms with Gasteiger partial charge in [0, 0.05) is 17.0 Å². The van der Waals surface area contributed by atoms with Gasteiger partial charge in [-0.2, -0.15) is 0 Å². The fraction of sp³-hybridized carbons (Fsp3) is 0.391. The van der Waals surface area contributed by atoms with Gasteiger partial charge >= 0.3 is 0 Å². The smallest absolute Gasteiger partial charge is 0.264 e. The van der Waals surface area contributed by atoms with Crippen molar-refractivity contribution in [2.24, 2.45) is 0 Å². The van der Waals surface area contributed by atoms with E-state index in [9.17, 15) is 14.7 Å². The molecule has 6 heteroatoms. The highest BCUT2D eigenvalue weighted by atomic mass is 35.5. The molecule has 1 atom stereocenters. The lowest BCUT2D eigenvalue weighted by Gasteiger charge is -2.22. The number of hydrogen-bond donors (Lipinski definition) is 1. The number of hydrogen-bond acceptors (Lipinski definition) is 4. The number of anilines is 1. The van der Waals surface area contributed by atoms with Gasteiger partial charge in [0.2, 0.25) is 0 Å². The zero-order valence-electron chi connectivity index (χ0n) is 16.8. The number of unbranched alkanes of at least 4 members (excludes halogenated alkanes) is 2. The lowest BCUT2D eigenvalue weighted by molar-refractivity contribution is -0.141. The van der Waals surface area contributed by atoms with Gasteiger partial charge in [-0.25, -0.2) is 0 Å². The standard InChI is InChI=1S/C23H26ClNO4/c1-3-4-5-12-29-19-9-6-17(7-10-19)15-25-21-11-8-18(24)13-20(21)23(28,22(25)27)14-16(2)26/h6-11,13,28H,3-5,12,14-15H2,1-2H3. The second-order valence-electron chi connectivity index (χ2n) is 7.49. The first-order valence-electron chi connectivity index (χ1n) is 9.90. The predicted octanol–water partition coefficient (Wildman–Crippen LogP) is 4.62. The molecule has 2 aromatic rings. The van der Waals surface area contributed by atoms with E-state index in [4.69, 9.17) is 16.3 Å². The molecule has 3 rings (SSSR count). The maximum atomic E-state index is 13.1. The van der Waals surface area contributed by atoms with Crippen LogP contribution in [0.15, 0.2) is 42.5 Å². The van der Waals surface area contributed by atoms with E-state index >= 15 is 0 Å². The van der Waals surface area contributed by atoms with Crippen LogP contribution in [-0.2, 0) is 21.7 Å². The molecule has 0 aromatic heterocycles. The summed E-state index contributed by atoms with van der Waals surface area (Å²) in [6, 6.07) is 12.5. The van der Waals surface area contributed by atoms with E-state index in [0.29, 0.717) is 22.9 Å². The van der Waals surface area contributed by atoms with Crippen molar-refractivity contribution in [1.82, 2.24) is 0 Å². The van der Waals surface area contributed by atoms with Gasteiger partial charge < -0.3 is 14.7 Å². The van der Waals surface area contributed by atoms with Gasteiger partial charge in [0.25, 0.3) is 5.91 Å². The number of benzene rings is 2. The Kier molecular flexibility index (Phi) is 6.60. The van der Waals surface area contributed by atoms with Gasteiger partial charge in [-0.05, 0) is 49.2 Å². The van der Waals surface area contributed by atoms with Gasteiger partial charge in [-0.1, -0.05) is 43.5 Å². The molecule has 154 valence electrons. The van der Waals surface area contributed by atoms with E-state index in [-0.39, 0.29) is 18.7 Å². The van der Waals surface area contributed by atoms with Gasteiger partial charge in [0.1, 0.15) is 11.5 Å². The van der Waals surface area contributed by atoms with Crippen molar-refractivity contribution in [2.45, 2.75) is 51.7 Å². The first-order valence-corrected chi connectivity index (χ1v) is 10.3. The Balaban J connectivity index is 1.79. The molecule has 0 fully saturated rings. The molecule has 1 aliphatic heterocycles. The van der Waals surface area contributed by atoms with Crippen molar-refractivity contribution in [2.75, 3.05) is 11.5 Å². The summed E-state index contributed by atoms with van der Waals surface area (Å²) in [5, 5.41) is 11.5. The van der Waals surface area contributed by atoms with E-state index in [1.165, 1.54) is 11.8 Å². The normalized spacial score (nSPS) is 18.1. The van der Waals surface area contributed by atoms with E-state index in [0.717, 1.165) is 30.6 Å². The van der Waals surface area contributed by atoms with Crippen molar-refractivity contribution in [1.29, 1.82) is 0 Å². The number of halogens is 1. The number of ketones is 1. The number of ether oxygens (including phenoxy) is 1. The van der Waals surface area contributed by atoms with Gasteiger partial charge in [0.05, 0.1) is 18.8 Å². The minimum absolute atomic E-state index is 0.266. The third-order valence-corrected chi connectivity index (χ3v) is 5.31. The molecule has 29 heavy (non-hydrogen) atoms. The summed E-state index contributed by atoms with van der Waals surface area (Å²) in [5.74, 6) is 0.0147. The number of Topliss-reactive ketones (excluding diaryl/α,β-unsaturated/α-hetero) is 1. The summed E-state index contributed by atoms with van der Waals surface area (Å²) in [4.78, 5) is 26.3. The Morgan fingerprint density at radius 3 is 2.55 bits per heavy atom. The highest BCUT2D eigenvalue weighted by molar-refractivity contribution is 6.31. The Morgan fingerprint density at radius 2 is 1.90 bits per heavy atom. The highest BCUT2D eigenvalue weighted by Gasteiger charge is 2.50. The van der Waals surface area contributed by atoms with E-state index in [2.05, 4.69) is 6.92 Å². The molecule has 0 aliphatic carbocycles. The van der Waals surface area contributed by atoms with Crippen LogP contribution < -0.4 is 9.64 Å². The Hall–Kier alpha value is -2.37. The first kappa shape index (κ1) is 21.3. The topological polar surface area (TPSA) is 66.8 Å². The van der Waals surface area contributed by atoms with Crippen LogP contribution in [0.2, 0.25) is 5.02 Å². The van der Waals surface area contributed by atoms with Crippen LogP contribution in [0, 0.1) is 0 Å². The molecule has 5 nitrogen and oxygen atoms in total. The second kappa shape index (κ2) is 8.97. The van der Waals surface area contributed by atoms with Crippen molar-refractivity contribution in [3.63, 3.8) is 0 Å². The van der Waals surface area contributed by atoms with Crippen molar-refractivity contribution >= 4 is 29.0 Å². The fourth-order valence-electron chi connectivity index (χ4n) is 3.63. The minimum atomic E-state index is -1.88. The molecular weight excluding hydrogens is 390 g/mol. The fourth-order valence-corrected chi connectivity index (χ4v) is 3.80. The van der Waals surface area contributed by atoms with Crippen LogP contribution in [0.4, 0.5) is 5.69 Å². The van der Waals surface area contributed by atoms with Gasteiger partial charge in [-0.15, -0.1) is 0 Å². The molecule has 2 aromatic carbocycles. The monoisotopic (exact) mass is 415 g/mol. The summed E-state index contributed by atoms with van der Waals surface area (Å²) in [6.07, 6.45) is 3.03. The molecule has 0 spiro atoms. The molecule has 1 amide bonds. The van der Waals surface area contributed by atoms with E-state index in [1.807, 2.05) is 24.3 Å². The molecule has 0 radical (unpaired) electrons. The molecule has 1 aliphatic rings. The highest BCUT2D eigenvalue weighted by Crippen LogP contribution is 2.44. The lowest BCUT2D eigenvalue weighted by atomic mass is 9.90. The van der Waals surface area contributed by atoms with Crippen LogP contribution in [0.25, 0.3) is 0 Å². The maximum absolute atomic E-state index is 13.1. The van der Waals surface area contributed by atoms with Crippen molar-refractivity contribution in [3.05, 3.63) is 58.6 Å². The molecule has 1 N–H and O–H groups in total. The molecule has 0 bridgehead atoms. The molecule has 0 saturated heterocycles. The zero-order chi connectivity index (χ0) is 21.0. The second-order valence-corrected chi connectivity index (χ2v) is 7.93. The van der Waals surface area contributed by atoms with Crippen LogP contribution in [0.1, 0.15) is 50.7 Å². The quantitative estimate of drug-likeness (QED) is 0.606. The number of carbonyl (C=O) groups is 2. The summed E-state index contributed by atoms with van der Waals surface area (Å²) in [5.41, 5.74) is -0.0367. The number of fused-ring (bicyclic) bond motifs is 1. The number of rotatable bonds is 9. The molecule has 1 unspecified atom stereocenters. The average molecular weight is 416 g/mol. The van der Waals surface area contributed by atoms with Crippen molar-refractivity contribution < 1.29 is 19.4 Å². The first-order chi connectivity index (χ1) is 13.8. The van der Waals surface area contributed by atoms with Crippen LogP contribution in [0.3, 0.4) is 0 Å². The van der Waals surface area contributed by atoms with Gasteiger partial charge in [-0.3, -0.25) is 9.59 Å². The Bertz CT molecular complexity index is 896. The Morgan fingerprint density at radius 1 is 1.17 bits per heavy atom. The summed E-state index contributed by atoms with van der Waals surface area (Å²) in [6.45, 7) is 4.48. The number of nitrogens with zero attached hydrogens (tertiary/aromatic N) is 1. The third kappa shape index (κ3) is 4.62. The van der Waals surface area contributed by atoms with Crippen LogP contribution in [-0.4, -0.2) is 23.4 Å². The predicted molar refractivity (Wildman–Crippen MR) is 113 cm³/mol. The molecular formula is C23H26ClNO4. The summed E-state index contributed by atoms with van der Waals surface area (Å²) < 4.78 is 5.73. The number of amides is 1. The number of aliphatic hydroxyl groups is 1. The zero-order valence-corrected chi connectivity index (χ0v) is 17.5. The third-order valence-electron chi connectivity index (χ3n) is 5.08. The SMILES string of the molecule is CCCCCOc1ccc(CN2C(=O)C(O)(CC(C)=O)c3cc(Cl)ccc32)cc1. The van der Waals surface area contributed by atoms with Crippen molar-refractivity contribution in [3.8, 4) is 5.75 Å². The largest absolute Gasteiger partial charge is 0.494 e. The lowest BCUT2D eigenvalue weighted by Crippen LogP contribution is -2.41. The summed E-state index contributed by atoms with van der Waals surface area (Å²) >= 11 is 6.08. The minimum Gasteiger partial charge on any atom is -0.494 e. The van der Waals surface area contributed by atoms with E-state index in [1.54, 1.807) is 18.2 Å². The Labute approximate surface area is 176 Å². The van der Waals surface area contributed by atoms with Crippen LogP contribution >= 0.6 is 11.6 Å². The molecule has 1 heterocycles. The van der Waals surface area contributed by atoms with Crippen LogP contribution in [0.5, 0.6) is 5.75 Å². The number of carbonyl (C=O) groups excluding carboxylic acids is 2.